The van der Waals surface area contributed by atoms with Gasteiger partial charge in [0.2, 0.25) is 0 Å². The van der Waals surface area contributed by atoms with Crippen LogP contribution in [0.15, 0.2) is 18.2 Å². The van der Waals surface area contributed by atoms with Gasteiger partial charge in [0.15, 0.2) is 5.69 Å². The summed E-state index contributed by atoms with van der Waals surface area (Å²) in [7, 11) is 0. The molecule has 1 aromatic heterocycles. The van der Waals surface area contributed by atoms with Crippen LogP contribution in [0.5, 0.6) is 0 Å². The fourth-order valence-corrected chi connectivity index (χ4v) is 2.71. The molecule has 0 radical (unpaired) electrons. The third-order valence-corrected chi connectivity index (χ3v) is 3.70. The number of nitrogens with two attached hydrogens (primary N) is 1. The zero-order chi connectivity index (χ0) is 17.2. The molecule has 0 spiro atoms. The van der Waals surface area contributed by atoms with Crippen molar-refractivity contribution in [1.82, 2.24) is 15.5 Å². The summed E-state index contributed by atoms with van der Waals surface area (Å²) in [4.78, 5) is 22.9. The Bertz CT molecular complexity index is 746. The molecule has 0 aliphatic heterocycles. The molecule has 8 nitrogen and oxygen atoms in total. The molecule has 1 heterocycles. The minimum atomic E-state index is -0.558. The van der Waals surface area contributed by atoms with E-state index in [-0.39, 0.29) is 23.8 Å². The quantitative estimate of drug-likeness (QED) is 0.541. The molecule has 0 aliphatic carbocycles. The maximum atomic E-state index is 12.5. The highest BCUT2D eigenvalue weighted by Crippen LogP contribution is 2.23. The summed E-state index contributed by atoms with van der Waals surface area (Å²) < 4.78 is 0. The zero-order valence-electron chi connectivity index (χ0n) is 13.8. The molecule has 24 heavy (non-hydrogen) atoms. The van der Waals surface area contributed by atoms with E-state index in [0.29, 0.717) is 23.4 Å². The van der Waals surface area contributed by atoms with Gasteiger partial charge < -0.3 is 11.1 Å². The SMILES string of the molecule is CC(C)CC(C)(CN)NC(=O)c1n[nH]c2ccc([N+](=O)[O-])cc12.Cl. The van der Waals surface area contributed by atoms with E-state index in [1.807, 2.05) is 20.8 Å². The van der Waals surface area contributed by atoms with Gasteiger partial charge in [0.05, 0.1) is 16.0 Å². The predicted molar refractivity (Wildman–Crippen MR) is 94.4 cm³/mol. The first-order valence-corrected chi connectivity index (χ1v) is 7.41. The van der Waals surface area contributed by atoms with E-state index in [1.165, 1.54) is 18.2 Å². The highest BCUT2D eigenvalue weighted by atomic mass is 35.5. The number of hydrogen-bond donors (Lipinski definition) is 3. The second kappa shape index (κ2) is 7.59. The van der Waals surface area contributed by atoms with Crippen molar-refractivity contribution >= 4 is 34.9 Å². The first kappa shape index (κ1) is 19.9. The second-order valence-corrected chi connectivity index (χ2v) is 6.38. The molecule has 1 atom stereocenters. The minimum Gasteiger partial charge on any atom is -0.344 e. The molecule has 1 unspecified atom stereocenters. The molecular formula is C15H22ClN5O3. The largest absolute Gasteiger partial charge is 0.344 e. The Morgan fingerprint density at radius 2 is 2.17 bits per heavy atom. The van der Waals surface area contributed by atoms with Gasteiger partial charge in [0, 0.05) is 24.1 Å². The van der Waals surface area contributed by atoms with Gasteiger partial charge in [0.25, 0.3) is 11.6 Å². The van der Waals surface area contributed by atoms with Crippen molar-refractivity contribution in [3.63, 3.8) is 0 Å². The standard InChI is InChI=1S/C15H21N5O3.ClH/c1-9(2)7-15(3,8-16)17-14(21)13-11-6-10(20(22)23)4-5-12(11)18-19-13;/h4-6,9H,7-8,16H2,1-3H3,(H,17,21)(H,18,19);1H. The van der Waals surface area contributed by atoms with Crippen LogP contribution in [0.3, 0.4) is 0 Å². The summed E-state index contributed by atoms with van der Waals surface area (Å²) >= 11 is 0. The molecule has 0 saturated carbocycles. The number of H-pyrrole nitrogens is 1. The molecule has 0 bridgehead atoms. The third kappa shape index (κ3) is 4.21. The van der Waals surface area contributed by atoms with Gasteiger partial charge in [-0.2, -0.15) is 5.10 Å². The van der Waals surface area contributed by atoms with Gasteiger partial charge in [-0.15, -0.1) is 12.4 Å². The first-order valence-electron chi connectivity index (χ1n) is 7.41. The van der Waals surface area contributed by atoms with E-state index < -0.39 is 16.4 Å². The summed E-state index contributed by atoms with van der Waals surface area (Å²) in [6.07, 6.45) is 0.720. The van der Waals surface area contributed by atoms with E-state index in [9.17, 15) is 14.9 Å². The maximum Gasteiger partial charge on any atom is 0.272 e. The maximum absolute atomic E-state index is 12.5. The van der Waals surface area contributed by atoms with E-state index in [1.54, 1.807) is 0 Å². The van der Waals surface area contributed by atoms with Gasteiger partial charge in [-0.1, -0.05) is 13.8 Å². The van der Waals surface area contributed by atoms with Crippen LogP contribution in [-0.4, -0.2) is 33.1 Å². The summed E-state index contributed by atoms with van der Waals surface area (Å²) in [5, 5.41) is 20.9. The molecule has 2 rings (SSSR count). The Hall–Kier alpha value is -2.19. The van der Waals surface area contributed by atoms with Crippen LogP contribution in [0.4, 0.5) is 5.69 Å². The van der Waals surface area contributed by atoms with Gasteiger partial charge >= 0.3 is 0 Å². The van der Waals surface area contributed by atoms with Crippen LogP contribution >= 0.6 is 12.4 Å². The van der Waals surface area contributed by atoms with Crippen LogP contribution < -0.4 is 11.1 Å². The number of nitro benzene ring substituents is 1. The number of aromatic nitrogens is 2. The van der Waals surface area contributed by atoms with Gasteiger partial charge in [0.1, 0.15) is 0 Å². The number of carbonyl (C=O) groups is 1. The molecule has 132 valence electrons. The molecule has 4 N–H and O–H groups in total. The van der Waals surface area contributed by atoms with Crippen molar-refractivity contribution in [2.45, 2.75) is 32.7 Å². The molecular weight excluding hydrogens is 334 g/mol. The van der Waals surface area contributed by atoms with Crippen LogP contribution in [0.25, 0.3) is 10.9 Å². The number of fused-ring (bicyclic) bond motifs is 1. The average molecular weight is 356 g/mol. The van der Waals surface area contributed by atoms with Crippen molar-refractivity contribution in [3.05, 3.63) is 34.0 Å². The topological polar surface area (TPSA) is 127 Å². The highest BCUT2D eigenvalue weighted by Gasteiger charge is 2.28. The molecule has 0 aliphatic rings. The predicted octanol–water partition coefficient (Wildman–Crippen LogP) is 2.39. The first-order chi connectivity index (χ1) is 10.8. The Balaban J connectivity index is 0.00000288. The minimum absolute atomic E-state index is 0. The number of benzene rings is 1. The highest BCUT2D eigenvalue weighted by molar-refractivity contribution is 6.05. The normalized spacial score (nSPS) is 13.4. The summed E-state index contributed by atoms with van der Waals surface area (Å²) in [5.41, 5.74) is 5.86. The Morgan fingerprint density at radius 1 is 1.50 bits per heavy atom. The molecule has 2 aromatic rings. The third-order valence-electron chi connectivity index (χ3n) is 3.70. The van der Waals surface area contributed by atoms with Crippen molar-refractivity contribution in [2.75, 3.05) is 6.54 Å². The molecule has 1 amide bonds. The fraction of sp³-hybridized carbons (Fsp3) is 0.467. The number of halogens is 1. The van der Waals surface area contributed by atoms with Crippen LogP contribution in [0, 0.1) is 16.0 Å². The van der Waals surface area contributed by atoms with E-state index in [4.69, 9.17) is 5.73 Å². The number of carbonyl (C=O) groups excluding carboxylic acids is 1. The lowest BCUT2D eigenvalue weighted by Crippen LogP contribution is -2.52. The summed E-state index contributed by atoms with van der Waals surface area (Å²) in [6, 6.07) is 4.24. The Morgan fingerprint density at radius 3 is 2.71 bits per heavy atom. The van der Waals surface area contributed by atoms with Gasteiger partial charge in [-0.05, 0) is 25.3 Å². The van der Waals surface area contributed by atoms with Crippen molar-refractivity contribution < 1.29 is 9.72 Å². The molecule has 1 aromatic carbocycles. The number of nitrogens with one attached hydrogen (secondary N) is 2. The lowest BCUT2D eigenvalue weighted by atomic mass is 9.90. The lowest BCUT2D eigenvalue weighted by molar-refractivity contribution is -0.384. The Kier molecular flexibility index (Phi) is 6.28. The number of aromatic amines is 1. The lowest BCUT2D eigenvalue weighted by Gasteiger charge is -2.30. The molecule has 0 saturated heterocycles. The molecule has 0 fully saturated rings. The monoisotopic (exact) mass is 355 g/mol. The second-order valence-electron chi connectivity index (χ2n) is 6.38. The fourth-order valence-electron chi connectivity index (χ4n) is 2.71. The van der Waals surface area contributed by atoms with E-state index in [2.05, 4.69) is 15.5 Å². The number of non-ortho nitro benzene ring substituents is 1. The van der Waals surface area contributed by atoms with Crippen LogP contribution in [-0.2, 0) is 0 Å². The van der Waals surface area contributed by atoms with Crippen molar-refractivity contribution in [1.29, 1.82) is 0 Å². The smallest absolute Gasteiger partial charge is 0.272 e. The zero-order valence-corrected chi connectivity index (χ0v) is 14.6. The van der Waals surface area contributed by atoms with E-state index >= 15 is 0 Å². The number of nitro groups is 1. The van der Waals surface area contributed by atoms with Crippen LogP contribution in [0.2, 0.25) is 0 Å². The van der Waals surface area contributed by atoms with Crippen LogP contribution in [0.1, 0.15) is 37.7 Å². The van der Waals surface area contributed by atoms with Crippen molar-refractivity contribution in [2.24, 2.45) is 11.7 Å². The number of amides is 1. The summed E-state index contributed by atoms with van der Waals surface area (Å²) in [6.45, 7) is 6.27. The van der Waals surface area contributed by atoms with E-state index in [0.717, 1.165) is 6.42 Å². The number of nitrogens with zero attached hydrogens (tertiary/aromatic N) is 2. The molecule has 9 heteroatoms. The average Bonchev–Trinajstić information content (AvgIpc) is 2.89. The number of rotatable bonds is 6. The van der Waals surface area contributed by atoms with Gasteiger partial charge in [-0.3, -0.25) is 20.0 Å². The van der Waals surface area contributed by atoms with Crippen molar-refractivity contribution in [3.8, 4) is 0 Å². The van der Waals surface area contributed by atoms with Gasteiger partial charge in [-0.25, -0.2) is 0 Å². The summed E-state index contributed by atoms with van der Waals surface area (Å²) in [5.74, 6) is -0.0359. The number of hydrogen-bond acceptors (Lipinski definition) is 5. The Labute approximate surface area is 145 Å².